The van der Waals surface area contributed by atoms with Gasteiger partial charge >= 0.3 is 12.1 Å². The van der Waals surface area contributed by atoms with Gasteiger partial charge in [-0.1, -0.05) is 30.3 Å². The molecule has 1 N–H and O–H groups in total. The van der Waals surface area contributed by atoms with Crippen LogP contribution in [0.15, 0.2) is 30.3 Å². The first kappa shape index (κ1) is 18.3. The molecule has 0 unspecified atom stereocenters. The zero-order valence-corrected chi connectivity index (χ0v) is 14.6. The highest BCUT2D eigenvalue weighted by Gasteiger charge is 2.51. The lowest BCUT2D eigenvalue weighted by molar-refractivity contribution is -0.148. The van der Waals surface area contributed by atoms with Crippen LogP contribution >= 0.6 is 0 Å². The molecule has 6 nitrogen and oxygen atoms in total. The van der Waals surface area contributed by atoms with Gasteiger partial charge < -0.3 is 14.6 Å². The van der Waals surface area contributed by atoms with Crippen LogP contribution in [0.4, 0.5) is 4.79 Å². The highest BCUT2D eigenvalue weighted by molar-refractivity contribution is 5.85. The number of benzene rings is 1. The zero-order valence-electron chi connectivity index (χ0n) is 14.6. The van der Waals surface area contributed by atoms with Crippen molar-refractivity contribution in [2.45, 2.75) is 58.0 Å². The second kappa shape index (κ2) is 6.81. The molecule has 0 saturated carbocycles. The Hall–Kier alpha value is -2.08. The van der Waals surface area contributed by atoms with Crippen LogP contribution in [-0.2, 0) is 20.9 Å². The summed E-state index contributed by atoms with van der Waals surface area (Å²) in [5.74, 6) is -1.06. The number of nitrogens with zero attached hydrogens (tertiary/aromatic N) is 1. The molecule has 0 aliphatic carbocycles. The fourth-order valence-corrected chi connectivity index (χ4v) is 2.72. The van der Waals surface area contributed by atoms with Crippen LogP contribution in [-0.4, -0.2) is 45.9 Å². The highest BCUT2D eigenvalue weighted by atomic mass is 16.6. The third-order valence-electron chi connectivity index (χ3n) is 4.01. The normalized spacial score (nSPS) is 24.0. The van der Waals surface area contributed by atoms with E-state index < -0.39 is 23.2 Å². The Kier molecular flexibility index (Phi) is 5.18. The quantitative estimate of drug-likeness (QED) is 0.915. The number of carbonyl (C=O) groups is 2. The molecule has 1 aliphatic heterocycles. The first-order valence-corrected chi connectivity index (χ1v) is 8.01. The summed E-state index contributed by atoms with van der Waals surface area (Å²) < 4.78 is 11.2. The van der Waals surface area contributed by atoms with Crippen molar-refractivity contribution in [1.29, 1.82) is 0 Å². The number of aliphatic carboxylic acids is 1. The molecule has 1 aromatic carbocycles. The number of carbonyl (C=O) groups excluding carboxylic acids is 1. The molecule has 1 saturated heterocycles. The fraction of sp³-hybridized carbons (Fsp3) is 0.556. The van der Waals surface area contributed by atoms with Crippen molar-refractivity contribution in [1.82, 2.24) is 4.90 Å². The second-order valence-electron chi connectivity index (χ2n) is 7.29. The summed E-state index contributed by atoms with van der Waals surface area (Å²) in [4.78, 5) is 25.4. The van der Waals surface area contributed by atoms with Crippen LogP contribution in [0.25, 0.3) is 0 Å². The van der Waals surface area contributed by atoms with E-state index in [1.54, 1.807) is 20.8 Å². The van der Waals surface area contributed by atoms with E-state index in [-0.39, 0.29) is 19.1 Å². The lowest BCUT2D eigenvalue weighted by Gasteiger charge is -2.32. The maximum Gasteiger partial charge on any atom is 0.411 e. The van der Waals surface area contributed by atoms with Crippen molar-refractivity contribution in [2.75, 3.05) is 6.54 Å². The van der Waals surface area contributed by atoms with Gasteiger partial charge in [0, 0.05) is 6.42 Å². The van der Waals surface area contributed by atoms with Gasteiger partial charge in [-0.15, -0.1) is 0 Å². The lowest BCUT2D eigenvalue weighted by Crippen LogP contribution is -2.52. The van der Waals surface area contributed by atoms with Gasteiger partial charge in [-0.2, -0.15) is 0 Å². The van der Waals surface area contributed by atoms with Gasteiger partial charge in [0.2, 0.25) is 0 Å². The molecular formula is C18H25NO5. The minimum atomic E-state index is -1.33. The summed E-state index contributed by atoms with van der Waals surface area (Å²) in [6, 6.07) is 9.64. The van der Waals surface area contributed by atoms with Crippen LogP contribution in [0.1, 0.15) is 39.7 Å². The second-order valence-corrected chi connectivity index (χ2v) is 7.29. The molecule has 1 fully saturated rings. The summed E-state index contributed by atoms with van der Waals surface area (Å²) in [7, 11) is 0. The van der Waals surface area contributed by atoms with Crippen LogP contribution in [0, 0.1) is 0 Å². The Labute approximate surface area is 142 Å². The zero-order chi connectivity index (χ0) is 18.0. The van der Waals surface area contributed by atoms with E-state index in [4.69, 9.17) is 9.47 Å². The molecule has 6 heteroatoms. The van der Waals surface area contributed by atoms with Gasteiger partial charge in [-0.25, -0.2) is 9.59 Å². The highest BCUT2D eigenvalue weighted by Crippen LogP contribution is 2.33. The predicted molar refractivity (Wildman–Crippen MR) is 88.6 cm³/mol. The summed E-state index contributed by atoms with van der Waals surface area (Å²) in [5.41, 5.74) is -1.01. The predicted octanol–water partition coefficient (Wildman–Crippen LogP) is 3.06. The van der Waals surface area contributed by atoms with Gasteiger partial charge in [0.25, 0.3) is 0 Å². The number of amides is 1. The molecule has 132 valence electrons. The molecule has 1 aromatic rings. The van der Waals surface area contributed by atoms with E-state index in [0.29, 0.717) is 6.61 Å². The van der Waals surface area contributed by atoms with Crippen LogP contribution in [0.3, 0.4) is 0 Å². The number of hydrogen-bond donors (Lipinski definition) is 1. The smallest absolute Gasteiger partial charge is 0.411 e. The molecule has 1 amide bonds. The largest absolute Gasteiger partial charge is 0.480 e. The van der Waals surface area contributed by atoms with E-state index >= 15 is 0 Å². The maximum atomic E-state index is 12.4. The molecule has 2 rings (SSSR count). The van der Waals surface area contributed by atoms with Crippen LogP contribution in [0.5, 0.6) is 0 Å². The van der Waals surface area contributed by atoms with Crippen molar-refractivity contribution in [3.05, 3.63) is 35.9 Å². The molecule has 0 radical (unpaired) electrons. The molecule has 0 bridgehead atoms. The van der Waals surface area contributed by atoms with E-state index in [1.807, 2.05) is 30.3 Å². The molecule has 1 aliphatic rings. The lowest BCUT2D eigenvalue weighted by atomic mass is 9.98. The SMILES string of the molecule is CC(C)(C)OC(=O)N1C[C@H](OCc2ccccc2)C[C@]1(C)C(=O)O. The van der Waals surface area contributed by atoms with Crippen molar-refractivity contribution in [3.63, 3.8) is 0 Å². The molecule has 24 heavy (non-hydrogen) atoms. The molecule has 0 aromatic heterocycles. The van der Waals surface area contributed by atoms with Gasteiger partial charge in [0.1, 0.15) is 11.1 Å². The van der Waals surface area contributed by atoms with Crippen molar-refractivity contribution in [3.8, 4) is 0 Å². The van der Waals surface area contributed by atoms with Gasteiger partial charge in [-0.3, -0.25) is 4.90 Å². The van der Waals surface area contributed by atoms with Gasteiger partial charge in [0.05, 0.1) is 19.3 Å². The minimum absolute atomic E-state index is 0.199. The standard InChI is InChI=1S/C18H25NO5/c1-17(2,3)24-16(22)19-11-14(10-18(19,4)15(20)21)23-12-13-8-6-5-7-9-13/h5-9,14H,10-12H2,1-4H3,(H,20,21)/t14-,18-/m1/s1. The average Bonchev–Trinajstić information content (AvgIpc) is 2.83. The summed E-state index contributed by atoms with van der Waals surface area (Å²) in [6.45, 7) is 7.37. The third kappa shape index (κ3) is 4.26. The molecule has 1 heterocycles. The summed E-state index contributed by atoms with van der Waals surface area (Å²) in [5, 5.41) is 9.59. The van der Waals surface area contributed by atoms with E-state index in [1.165, 1.54) is 11.8 Å². The number of carboxylic acids is 1. The summed E-state index contributed by atoms with van der Waals surface area (Å²) >= 11 is 0. The first-order valence-electron chi connectivity index (χ1n) is 8.01. The molecule has 0 spiro atoms. The Bertz CT molecular complexity index is 595. The van der Waals surface area contributed by atoms with Crippen LogP contribution < -0.4 is 0 Å². The number of hydrogen-bond acceptors (Lipinski definition) is 4. The van der Waals surface area contributed by atoms with E-state index in [9.17, 15) is 14.7 Å². The Morgan fingerprint density at radius 1 is 1.29 bits per heavy atom. The Morgan fingerprint density at radius 3 is 2.46 bits per heavy atom. The third-order valence-corrected chi connectivity index (χ3v) is 4.01. The fourth-order valence-electron chi connectivity index (χ4n) is 2.72. The Morgan fingerprint density at radius 2 is 1.92 bits per heavy atom. The number of rotatable bonds is 4. The van der Waals surface area contributed by atoms with Crippen molar-refractivity contribution >= 4 is 12.1 Å². The average molecular weight is 335 g/mol. The van der Waals surface area contributed by atoms with Gasteiger partial charge in [0.15, 0.2) is 0 Å². The maximum absolute atomic E-state index is 12.4. The Balaban J connectivity index is 2.07. The molecular weight excluding hydrogens is 310 g/mol. The van der Waals surface area contributed by atoms with Crippen LogP contribution in [0.2, 0.25) is 0 Å². The van der Waals surface area contributed by atoms with Crippen molar-refractivity contribution in [2.24, 2.45) is 0 Å². The monoisotopic (exact) mass is 335 g/mol. The first-order chi connectivity index (χ1) is 11.1. The summed E-state index contributed by atoms with van der Waals surface area (Å²) in [6.07, 6.45) is -0.744. The number of ether oxygens (including phenoxy) is 2. The van der Waals surface area contributed by atoms with E-state index in [0.717, 1.165) is 5.56 Å². The van der Waals surface area contributed by atoms with Crippen molar-refractivity contribution < 1.29 is 24.2 Å². The number of likely N-dealkylation sites (tertiary alicyclic amines) is 1. The van der Waals surface area contributed by atoms with Gasteiger partial charge in [-0.05, 0) is 33.3 Å². The van der Waals surface area contributed by atoms with E-state index in [2.05, 4.69) is 0 Å². The minimum Gasteiger partial charge on any atom is -0.480 e. The molecule has 2 atom stereocenters. The number of carboxylic acid groups (broad SMARTS) is 1. The topological polar surface area (TPSA) is 76.1 Å².